The van der Waals surface area contributed by atoms with Crippen molar-refractivity contribution in [2.75, 3.05) is 27.4 Å². The first-order chi connectivity index (χ1) is 15.9. The van der Waals surface area contributed by atoms with Crippen LogP contribution in [0.4, 0.5) is 0 Å². The van der Waals surface area contributed by atoms with Gasteiger partial charge in [-0.25, -0.2) is 0 Å². The van der Waals surface area contributed by atoms with Crippen LogP contribution < -0.4 is 24.3 Å². The van der Waals surface area contributed by atoms with E-state index in [1.807, 2.05) is 0 Å². The summed E-state index contributed by atoms with van der Waals surface area (Å²) in [5.41, 5.74) is 1.22. The number of nitrogens with one attached hydrogen (secondary N) is 1. The molecule has 1 amide bonds. The quantitative estimate of drug-likeness (QED) is 0.428. The highest BCUT2D eigenvalue weighted by Gasteiger charge is 2.20. The van der Waals surface area contributed by atoms with Gasteiger partial charge < -0.3 is 29.0 Å². The lowest BCUT2D eigenvalue weighted by Gasteiger charge is -2.18. The highest BCUT2D eigenvalue weighted by atomic mass is 16.6. The van der Waals surface area contributed by atoms with Crippen molar-refractivity contribution < 1.29 is 38.1 Å². The van der Waals surface area contributed by atoms with Crippen molar-refractivity contribution in [3.63, 3.8) is 0 Å². The van der Waals surface area contributed by atoms with Crippen molar-refractivity contribution >= 4 is 17.7 Å². The smallest absolute Gasteiger partial charge is 0.307 e. The van der Waals surface area contributed by atoms with Crippen molar-refractivity contribution in [3.05, 3.63) is 47.5 Å². The maximum Gasteiger partial charge on any atom is 0.307 e. The molecule has 0 saturated carbocycles. The van der Waals surface area contributed by atoms with Crippen LogP contribution in [0.5, 0.6) is 23.0 Å². The molecule has 3 rings (SSSR count). The average molecular weight is 457 g/mol. The van der Waals surface area contributed by atoms with Gasteiger partial charge in [0.2, 0.25) is 0 Å². The first kappa shape index (κ1) is 23.9. The number of ketones is 1. The fraction of sp³-hybridized carbons (Fsp3) is 0.375. The van der Waals surface area contributed by atoms with Crippen molar-refractivity contribution in [1.82, 2.24) is 5.32 Å². The Morgan fingerprint density at radius 1 is 0.939 bits per heavy atom. The fourth-order valence-electron chi connectivity index (χ4n) is 3.21. The Bertz CT molecular complexity index is 1020. The molecule has 9 nitrogen and oxygen atoms in total. The summed E-state index contributed by atoms with van der Waals surface area (Å²) < 4.78 is 26.5. The number of amides is 1. The van der Waals surface area contributed by atoms with Crippen LogP contribution in [0.3, 0.4) is 0 Å². The molecule has 1 N–H and O–H groups in total. The van der Waals surface area contributed by atoms with E-state index in [0.29, 0.717) is 41.8 Å². The summed E-state index contributed by atoms with van der Waals surface area (Å²) in [4.78, 5) is 36.8. The summed E-state index contributed by atoms with van der Waals surface area (Å²) in [6.45, 7) is 2.59. The molecule has 1 aliphatic heterocycles. The molecule has 2 aromatic carbocycles. The number of methoxy groups -OCH3 is 2. The van der Waals surface area contributed by atoms with Crippen LogP contribution in [0.2, 0.25) is 0 Å². The van der Waals surface area contributed by atoms with Gasteiger partial charge in [-0.1, -0.05) is 6.07 Å². The van der Waals surface area contributed by atoms with E-state index in [2.05, 4.69) is 5.32 Å². The first-order valence-corrected chi connectivity index (χ1v) is 10.5. The summed E-state index contributed by atoms with van der Waals surface area (Å²) in [5, 5.41) is 2.71. The summed E-state index contributed by atoms with van der Waals surface area (Å²) >= 11 is 0. The predicted octanol–water partition coefficient (Wildman–Crippen LogP) is 2.69. The lowest BCUT2D eigenvalue weighted by molar-refractivity contribution is -0.154. The topological polar surface area (TPSA) is 109 Å². The fourth-order valence-corrected chi connectivity index (χ4v) is 3.21. The number of benzene rings is 2. The minimum absolute atomic E-state index is 0.0432. The second kappa shape index (κ2) is 11.2. The van der Waals surface area contributed by atoms with Gasteiger partial charge in [0.05, 0.1) is 20.6 Å². The zero-order chi connectivity index (χ0) is 23.8. The molecule has 1 atom stereocenters. The van der Waals surface area contributed by atoms with Gasteiger partial charge in [-0.05, 0) is 42.8 Å². The molecule has 1 unspecified atom stereocenters. The standard InChI is InChI=1S/C24H27NO8/c1-15(24(28)25-14-16-4-7-19(29-2)21(12-16)30-3)33-23(27)9-6-18(26)17-5-8-20-22(13-17)32-11-10-31-20/h4-5,7-8,12-13,15H,6,9-11,14H2,1-3H3,(H,25,28). The molecular weight excluding hydrogens is 430 g/mol. The van der Waals surface area contributed by atoms with Gasteiger partial charge in [-0.15, -0.1) is 0 Å². The van der Waals surface area contributed by atoms with Crippen LogP contribution in [0.25, 0.3) is 0 Å². The number of rotatable bonds is 10. The highest BCUT2D eigenvalue weighted by molar-refractivity contribution is 5.98. The minimum atomic E-state index is -0.998. The molecule has 9 heteroatoms. The maximum atomic E-state index is 12.4. The Balaban J connectivity index is 1.44. The van der Waals surface area contributed by atoms with Crippen LogP contribution in [0, 0.1) is 0 Å². The van der Waals surface area contributed by atoms with Gasteiger partial charge >= 0.3 is 5.97 Å². The highest BCUT2D eigenvalue weighted by Crippen LogP contribution is 2.31. The van der Waals surface area contributed by atoms with Crippen LogP contribution in [-0.4, -0.2) is 51.2 Å². The molecule has 0 spiro atoms. The Labute approximate surface area is 191 Å². The number of esters is 1. The first-order valence-electron chi connectivity index (χ1n) is 10.5. The predicted molar refractivity (Wildman–Crippen MR) is 118 cm³/mol. The van der Waals surface area contributed by atoms with E-state index in [-0.39, 0.29) is 25.2 Å². The van der Waals surface area contributed by atoms with Crippen molar-refractivity contribution in [3.8, 4) is 23.0 Å². The number of carbonyl (C=O) groups excluding carboxylic acids is 3. The molecular formula is C24H27NO8. The number of carbonyl (C=O) groups is 3. The second-order valence-electron chi connectivity index (χ2n) is 7.32. The molecule has 0 bridgehead atoms. The normalized spacial score (nSPS) is 12.9. The van der Waals surface area contributed by atoms with Crippen molar-refractivity contribution in [2.24, 2.45) is 0 Å². The molecule has 1 aliphatic rings. The molecule has 0 aliphatic carbocycles. The third-order valence-electron chi connectivity index (χ3n) is 5.01. The Morgan fingerprint density at radius 3 is 2.39 bits per heavy atom. The zero-order valence-electron chi connectivity index (χ0n) is 18.8. The number of hydrogen-bond donors (Lipinski definition) is 1. The summed E-state index contributed by atoms with van der Waals surface area (Å²) in [6.07, 6.45) is -1.18. The molecule has 176 valence electrons. The van der Waals surface area contributed by atoms with Gasteiger partial charge in [-0.2, -0.15) is 0 Å². The van der Waals surface area contributed by atoms with Crippen molar-refractivity contribution in [1.29, 1.82) is 0 Å². The van der Waals surface area contributed by atoms with Crippen LogP contribution >= 0.6 is 0 Å². The number of hydrogen-bond acceptors (Lipinski definition) is 8. The van der Waals surface area contributed by atoms with Gasteiger partial charge in [0.25, 0.3) is 5.91 Å². The average Bonchev–Trinajstić information content (AvgIpc) is 2.85. The maximum absolute atomic E-state index is 12.4. The van der Waals surface area contributed by atoms with Gasteiger partial charge in [-0.3, -0.25) is 14.4 Å². The number of ether oxygens (including phenoxy) is 5. The molecule has 2 aromatic rings. The number of fused-ring (bicyclic) bond motifs is 1. The van der Waals surface area contributed by atoms with Gasteiger partial charge in [0.1, 0.15) is 13.2 Å². The van der Waals surface area contributed by atoms with Crippen LogP contribution in [-0.2, 0) is 20.9 Å². The second-order valence-corrected chi connectivity index (χ2v) is 7.32. The minimum Gasteiger partial charge on any atom is -0.493 e. The Hall–Kier alpha value is -3.75. The number of Topliss-reactive ketones (excluding diaryl/α,β-unsaturated/α-hetero) is 1. The van der Waals surface area contributed by atoms with E-state index in [0.717, 1.165) is 5.56 Å². The molecule has 0 aromatic heterocycles. The van der Waals surface area contributed by atoms with E-state index in [1.54, 1.807) is 43.5 Å². The summed E-state index contributed by atoms with van der Waals surface area (Å²) in [5.74, 6) is 0.923. The van der Waals surface area contributed by atoms with Crippen molar-refractivity contribution in [2.45, 2.75) is 32.4 Å². The lowest BCUT2D eigenvalue weighted by atomic mass is 10.1. The monoisotopic (exact) mass is 457 g/mol. The molecule has 0 radical (unpaired) electrons. The van der Waals surface area contributed by atoms with Crippen LogP contribution in [0.1, 0.15) is 35.7 Å². The van der Waals surface area contributed by atoms with Gasteiger partial charge in [0, 0.05) is 18.5 Å². The van der Waals surface area contributed by atoms with E-state index in [9.17, 15) is 14.4 Å². The molecule has 33 heavy (non-hydrogen) atoms. The summed E-state index contributed by atoms with van der Waals surface area (Å²) in [6, 6.07) is 10.2. The molecule has 0 saturated heterocycles. The van der Waals surface area contributed by atoms with E-state index >= 15 is 0 Å². The van der Waals surface area contributed by atoms with E-state index < -0.39 is 18.0 Å². The molecule has 0 fully saturated rings. The third kappa shape index (κ3) is 6.38. The van der Waals surface area contributed by atoms with Crippen LogP contribution in [0.15, 0.2) is 36.4 Å². The SMILES string of the molecule is COc1ccc(CNC(=O)C(C)OC(=O)CCC(=O)c2ccc3c(c2)OCCO3)cc1OC. The largest absolute Gasteiger partial charge is 0.493 e. The van der Waals surface area contributed by atoms with E-state index in [4.69, 9.17) is 23.7 Å². The lowest BCUT2D eigenvalue weighted by Crippen LogP contribution is -2.35. The molecule has 1 heterocycles. The zero-order valence-corrected chi connectivity index (χ0v) is 18.8. The van der Waals surface area contributed by atoms with Gasteiger partial charge in [0.15, 0.2) is 34.9 Å². The summed E-state index contributed by atoms with van der Waals surface area (Å²) in [7, 11) is 3.07. The third-order valence-corrected chi connectivity index (χ3v) is 5.01. The Kier molecular flexibility index (Phi) is 8.12. The van der Waals surface area contributed by atoms with E-state index in [1.165, 1.54) is 14.0 Å². The Morgan fingerprint density at radius 2 is 1.67 bits per heavy atom.